The molecule has 0 spiro atoms. The minimum atomic E-state index is -0.402. The Morgan fingerprint density at radius 2 is 1.72 bits per heavy atom. The molecular formula is C18H15N3O3S. The smallest absolute Gasteiger partial charge is 0.269 e. The molecule has 25 heavy (non-hydrogen) atoms. The van der Waals surface area contributed by atoms with Gasteiger partial charge in [0.1, 0.15) is 10.8 Å². The van der Waals surface area contributed by atoms with Crippen molar-refractivity contribution in [2.24, 2.45) is 0 Å². The molecule has 3 aromatic rings. The summed E-state index contributed by atoms with van der Waals surface area (Å²) in [6.45, 7) is 0. The molecule has 0 aliphatic carbocycles. The molecule has 0 unspecified atom stereocenters. The number of thioether (sulfide) groups is 1. The Hall–Kier alpha value is -2.93. The molecule has 0 N–H and O–H groups in total. The molecule has 0 fully saturated rings. The van der Waals surface area contributed by atoms with Crippen LogP contribution in [-0.2, 0) is 5.75 Å². The fourth-order valence-corrected chi connectivity index (χ4v) is 2.95. The van der Waals surface area contributed by atoms with Gasteiger partial charge < -0.3 is 4.74 Å². The zero-order valence-electron chi connectivity index (χ0n) is 13.5. The third-order valence-corrected chi connectivity index (χ3v) is 4.55. The lowest BCUT2D eigenvalue weighted by molar-refractivity contribution is -0.384. The number of hydrogen-bond donors (Lipinski definition) is 0. The molecule has 0 aliphatic rings. The number of benzene rings is 2. The highest BCUT2D eigenvalue weighted by molar-refractivity contribution is 7.98. The van der Waals surface area contributed by atoms with Gasteiger partial charge in [-0.15, -0.1) is 10.2 Å². The number of ether oxygens (including phenoxy) is 1. The number of non-ortho nitro benzene ring substituents is 1. The summed E-state index contributed by atoms with van der Waals surface area (Å²) in [6.07, 6.45) is 0. The van der Waals surface area contributed by atoms with Crippen molar-refractivity contribution in [3.63, 3.8) is 0 Å². The summed E-state index contributed by atoms with van der Waals surface area (Å²) in [5.41, 5.74) is 2.86. The van der Waals surface area contributed by atoms with Gasteiger partial charge in [0.25, 0.3) is 5.69 Å². The topological polar surface area (TPSA) is 78.2 Å². The van der Waals surface area contributed by atoms with Crippen molar-refractivity contribution in [3.05, 3.63) is 76.3 Å². The van der Waals surface area contributed by atoms with Crippen molar-refractivity contribution in [2.75, 3.05) is 7.11 Å². The van der Waals surface area contributed by atoms with Crippen LogP contribution < -0.4 is 4.74 Å². The number of nitrogens with zero attached hydrogens (tertiary/aromatic N) is 3. The molecule has 0 aliphatic heterocycles. The SMILES string of the molecule is COc1ccc(-c2ccc(SCc3ccc([N+](=O)[O-])cc3)nn2)cc1. The highest BCUT2D eigenvalue weighted by Crippen LogP contribution is 2.24. The van der Waals surface area contributed by atoms with Crippen molar-refractivity contribution >= 4 is 17.4 Å². The molecule has 0 atom stereocenters. The van der Waals surface area contributed by atoms with Crippen molar-refractivity contribution in [3.8, 4) is 17.0 Å². The van der Waals surface area contributed by atoms with E-state index in [-0.39, 0.29) is 5.69 Å². The normalized spacial score (nSPS) is 10.4. The van der Waals surface area contributed by atoms with Gasteiger partial charge >= 0.3 is 0 Å². The van der Waals surface area contributed by atoms with Crippen LogP contribution in [0.25, 0.3) is 11.3 Å². The van der Waals surface area contributed by atoms with Crippen LogP contribution in [0.15, 0.2) is 65.7 Å². The van der Waals surface area contributed by atoms with E-state index in [2.05, 4.69) is 10.2 Å². The summed E-state index contributed by atoms with van der Waals surface area (Å²) in [6, 6.07) is 18.0. The lowest BCUT2D eigenvalue weighted by Gasteiger charge is -2.04. The van der Waals surface area contributed by atoms with Crippen molar-refractivity contribution in [1.29, 1.82) is 0 Å². The van der Waals surface area contributed by atoms with Crippen LogP contribution in [0.1, 0.15) is 5.56 Å². The Kier molecular flexibility index (Phi) is 5.25. The molecule has 0 bridgehead atoms. The number of nitro groups is 1. The summed E-state index contributed by atoms with van der Waals surface area (Å²) in [5, 5.41) is 19.9. The first-order valence-corrected chi connectivity index (χ1v) is 8.48. The molecule has 0 amide bonds. The predicted octanol–water partition coefficient (Wildman–Crippen LogP) is 4.35. The van der Waals surface area contributed by atoms with E-state index in [1.54, 1.807) is 19.2 Å². The quantitative estimate of drug-likeness (QED) is 0.372. The van der Waals surface area contributed by atoms with Gasteiger partial charge in [-0.05, 0) is 42.0 Å². The Bertz CT molecular complexity index is 850. The van der Waals surface area contributed by atoms with Crippen LogP contribution in [0, 0.1) is 10.1 Å². The van der Waals surface area contributed by atoms with Crippen molar-refractivity contribution in [2.45, 2.75) is 10.8 Å². The van der Waals surface area contributed by atoms with Gasteiger partial charge in [-0.25, -0.2) is 0 Å². The minimum Gasteiger partial charge on any atom is -0.497 e. The van der Waals surface area contributed by atoms with Crippen LogP contribution in [0.2, 0.25) is 0 Å². The van der Waals surface area contributed by atoms with Crippen LogP contribution in [0.4, 0.5) is 5.69 Å². The largest absolute Gasteiger partial charge is 0.497 e. The third kappa shape index (κ3) is 4.33. The lowest BCUT2D eigenvalue weighted by atomic mass is 10.1. The Morgan fingerprint density at radius 3 is 2.28 bits per heavy atom. The molecule has 0 saturated heterocycles. The highest BCUT2D eigenvalue weighted by atomic mass is 32.2. The fraction of sp³-hybridized carbons (Fsp3) is 0.111. The molecule has 0 saturated carbocycles. The Morgan fingerprint density at radius 1 is 1.00 bits per heavy atom. The zero-order valence-corrected chi connectivity index (χ0v) is 14.3. The summed E-state index contributed by atoms with van der Waals surface area (Å²) in [4.78, 5) is 10.2. The molecule has 126 valence electrons. The van der Waals surface area contributed by atoms with E-state index < -0.39 is 4.92 Å². The molecule has 7 heteroatoms. The molecule has 3 rings (SSSR count). The van der Waals surface area contributed by atoms with Gasteiger partial charge in [-0.2, -0.15) is 0 Å². The van der Waals surface area contributed by atoms with Crippen LogP contribution in [0.5, 0.6) is 5.75 Å². The summed E-state index contributed by atoms with van der Waals surface area (Å²) < 4.78 is 5.14. The van der Waals surface area contributed by atoms with Crippen LogP contribution in [-0.4, -0.2) is 22.2 Å². The van der Waals surface area contributed by atoms with E-state index in [9.17, 15) is 10.1 Å². The fourth-order valence-electron chi connectivity index (χ4n) is 2.18. The number of methoxy groups -OCH3 is 1. The molecule has 1 heterocycles. The second-order valence-electron chi connectivity index (χ2n) is 5.20. The standard InChI is InChI=1S/C18H15N3O3S/c1-24-16-8-4-14(5-9-16)17-10-11-18(20-19-17)25-12-13-2-6-15(7-3-13)21(22)23/h2-11H,12H2,1H3. The Balaban J connectivity index is 1.63. The second-order valence-corrected chi connectivity index (χ2v) is 6.19. The van der Waals surface area contributed by atoms with E-state index in [4.69, 9.17) is 4.74 Å². The van der Waals surface area contributed by atoms with Gasteiger partial charge in [0, 0.05) is 23.4 Å². The van der Waals surface area contributed by atoms with Gasteiger partial charge in [0.15, 0.2) is 0 Å². The molecule has 1 aromatic heterocycles. The van der Waals surface area contributed by atoms with Crippen molar-refractivity contribution < 1.29 is 9.66 Å². The van der Waals surface area contributed by atoms with E-state index in [1.165, 1.54) is 23.9 Å². The summed E-state index contributed by atoms with van der Waals surface area (Å²) in [5.74, 6) is 1.47. The molecule has 0 radical (unpaired) electrons. The average molecular weight is 353 g/mol. The van der Waals surface area contributed by atoms with E-state index in [0.717, 1.165) is 27.6 Å². The number of hydrogen-bond acceptors (Lipinski definition) is 6. The third-order valence-electron chi connectivity index (χ3n) is 3.56. The van der Waals surface area contributed by atoms with Crippen LogP contribution >= 0.6 is 11.8 Å². The van der Waals surface area contributed by atoms with E-state index >= 15 is 0 Å². The van der Waals surface area contributed by atoms with E-state index in [1.807, 2.05) is 36.4 Å². The predicted molar refractivity (Wildman–Crippen MR) is 96.7 cm³/mol. The first-order valence-electron chi connectivity index (χ1n) is 7.50. The minimum absolute atomic E-state index is 0.0948. The van der Waals surface area contributed by atoms with Gasteiger partial charge in [-0.3, -0.25) is 10.1 Å². The molecule has 6 nitrogen and oxygen atoms in total. The van der Waals surface area contributed by atoms with Crippen LogP contribution in [0.3, 0.4) is 0 Å². The van der Waals surface area contributed by atoms with E-state index in [0.29, 0.717) is 5.75 Å². The number of nitro benzene ring substituents is 1. The number of aromatic nitrogens is 2. The van der Waals surface area contributed by atoms with Gasteiger partial charge in [-0.1, -0.05) is 23.9 Å². The number of rotatable bonds is 6. The maximum atomic E-state index is 10.7. The summed E-state index contributed by atoms with van der Waals surface area (Å²) in [7, 11) is 1.63. The Labute approximate surface area is 149 Å². The molecule has 2 aromatic carbocycles. The van der Waals surface area contributed by atoms with Crippen molar-refractivity contribution in [1.82, 2.24) is 10.2 Å². The monoisotopic (exact) mass is 353 g/mol. The van der Waals surface area contributed by atoms with Gasteiger partial charge in [0.2, 0.25) is 0 Å². The molecular weight excluding hydrogens is 338 g/mol. The first-order chi connectivity index (χ1) is 12.2. The first kappa shape index (κ1) is 16.9. The maximum Gasteiger partial charge on any atom is 0.269 e. The summed E-state index contributed by atoms with van der Waals surface area (Å²) >= 11 is 1.53. The van der Waals surface area contributed by atoms with Gasteiger partial charge in [0.05, 0.1) is 17.7 Å². The maximum absolute atomic E-state index is 10.7. The zero-order chi connectivity index (χ0) is 17.6. The highest BCUT2D eigenvalue weighted by Gasteiger charge is 2.06. The second kappa shape index (κ2) is 7.76. The average Bonchev–Trinajstić information content (AvgIpc) is 2.67. The lowest BCUT2D eigenvalue weighted by Crippen LogP contribution is -1.91.